The molecule has 300 valence electrons. The van der Waals surface area contributed by atoms with Crippen molar-refractivity contribution in [3.05, 3.63) is 24.3 Å². The predicted molar refractivity (Wildman–Crippen MR) is 218 cm³/mol. The Hall–Kier alpha value is -1.66. The van der Waals surface area contributed by atoms with E-state index in [4.69, 9.17) is 4.74 Å². The third kappa shape index (κ3) is 37.9. The predicted octanol–water partition coefficient (Wildman–Crippen LogP) is 12.4. The molecule has 2 atom stereocenters. The molecule has 51 heavy (non-hydrogen) atoms. The van der Waals surface area contributed by atoms with E-state index in [0.29, 0.717) is 25.9 Å². The molecule has 0 saturated carbocycles. The van der Waals surface area contributed by atoms with Gasteiger partial charge in [0.05, 0.1) is 25.4 Å². The van der Waals surface area contributed by atoms with E-state index < -0.39 is 12.1 Å². The summed E-state index contributed by atoms with van der Waals surface area (Å²) in [5.41, 5.74) is 0. The lowest BCUT2D eigenvalue weighted by Crippen LogP contribution is -2.45. The van der Waals surface area contributed by atoms with Crippen LogP contribution in [-0.4, -0.2) is 47.4 Å². The molecule has 0 aliphatic rings. The molecule has 6 heteroatoms. The van der Waals surface area contributed by atoms with Gasteiger partial charge in [-0.15, -0.1) is 0 Å². The molecule has 0 aromatic carbocycles. The van der Waals surface area contributed by atoms with Gasteiger partial charge in [-0.3, -0.25) is 9.59 Å². The van der Waals surface area contributed by atoms with Gasteiger partial charge in [-0.05, 0) is 70.6 Å². The molecule has 2 unspecified atom stereocenters. The van der Waals surface area contributed by atoms with Gasteiger partial charge in [0.1, 0.15) is 0 Å². The number of hydrogen-bond donors (Lipinski definition) is 3. The number of carbonyl (C=O) groups is 2. The number of aliphatic hydroxyl groups is 2. The van der Waals surface area contributed by atoms with Gasteiger partial charge in [0.2, 0.25) is 5.91 Å². The molecule has 0 spiro atoms. The van der Waals surface area contributed by atoms with Crippen LogP contribution in [0.3, 0.4) is 0 Å². The van der Waals surface area contributed by atoms with E-state index in [2.05, 4.69) is 43.5 Å². The molecular weight excluding hydrogens is 634 g/mol. The number of carbonyl (C=O) groups excluding carboxylic acids is 2. The zero-order valence-corrected chi connectivity index (χ0v) is 33.8. The number of ether oxygens (including phenoxy) is 1. The number of nitrogens with one attached hydrogen (secondary N) is 1. The standard InChI is InChI=1S/C45H85NO5/c1-3-5-7-9-11-13-15-16-18-21-25-29-33-37-43(48)42(41-47)46-44(49)38-34-30-26-22-19-20-24-28-32-36-40-51-45(50)39-35-31-27-23-17-14-12-10-8-6-4-2/h10,12,20,24,42-43,47-48H,3-9,11,13-19,21-23,25-41H2,1-2H3,(H,46,49)/b12-10-,24-20-. The van der Waals surface area contributed by atoms with Crippen molar-refractivity contribution in [3.8, 4) is 0 Å². The van der Waals surface area contributed by atoms with Crippen molar-refractivity contribution in [2.75, 3.05) is 13.2 Å². The summed E-state index contributed by atoms with van der Waals surface area (Å²) >= 11 is 0. The topological polar surface area (TPSA) is 95.9 Å². The van der Waals surface area contributed by atoms with Crippen LogP contribution in [0.1, 0.15) is 226 Å². The Bertz CT molecular complexity index is 797. The van der Waals surface area contributed by atoms with Gasteiger partial charge >= 0.3 is 5.97 Å². The van der Waals surface area contributed by atoms with Crippen molar-refractivity contribution in [1.82, 2.24) is 5.32 Å². The molecule has 0 aromatic rings. The first-order valence-corrected chi connectivity index (χ1v) is 22.1. The molecule has 0 heterocycles. The number of amides is 1. The second-order valence-electron chi connectivity index (χ2n) is 15.0. The number of aliphatic hydroxyl groups excluding tert-OH is 2. The van der Waals surface area contributed by atoms with Gasteiger partial charge in [0.15, 0.2) is 0 Å². The van der Waals surface area contributed by atoms with Crippen LogP contribution in [0.15, 0.2) is 24.3 Å². The Morgan fingerprint density at radius 1 is 0.529 bits per heavy atom. The van der Waals surface area contributed by atoms with E-state index in [1.807, 2.05) is 0 Å². The minimum Gasteiger partial charge on any atom is -0.466 e. The minimum absolute atomic E-state index is 0.0482. The van der Waals surface area contributed by atoms with E-state index in [0.717, 1.165) is 77.0 Å². The maximum absolute atomic E-state index is 12.4. The molecule has 0 aromatic heterocycles. The van der Waals surface area contributed by atoms with E-state index in [-0.39, 0.29) is 18.5 Å². The van der Waals surface area contributed by atoms with Crippen molar-refractivity contribution >= 4 is 11.9 Å². The van der Waals surface area contributed by atoms with Gasteiger partial charge < -0.3 is 20.3 Å². The fraction of sp³-hybridized carbons (Fsp3) is 0.867. The van der Waals surface area contributed by atoms with E-state index in [1.165, 1.54) is 116 Å². The van der Waals surface area contributed by atoms with Crippen LogP contribution < -0.4 is 5.32 Å². The largest absolute Gasteiger partial charge is 0.466 e. The zero-order chi connectivity index (χ0) is 37.3. The maximum Gasteiger partial charge on any atom is 0.305 e. The van der Waals surface area contributed by atoms with Gasteiger partial charge in [-0.1, -0.05) is 167 Å². The molecule has 6 nitrogen and oxygen atoms in total. The fourth-order valence-corrected chi connectivity index (χ4v) is 6.49. The van der Waals surface area contributed by atoms with Gasteiger partial charge in [0.25, 0.3) is 0 Å². The van der Waals surface area contributed by atoms with Crippen LogP contribution in [0.2, 0.25) is 0 Å². The summed E-state index contributed by atoms with van der Waals surface area (Å²) in [7, 11) is 0. The first kappa shape index (κ1) is 49.3. The van der Waals surface area contributed by atoms with E-state index in [9.17, 15) is 19.8 Å². The molecule has 0 aliphatic heterocycles. The fourth-order valence-electron chi connectivity index (χ4n) is 6.49. The average molecular weight is 720 g/mol. The molecule has 0 aliphatic carbocycles. The lowest BCUT2D eigenvalue weighted by atomic mass is 10.0. The van der Waals surface area contributed by atoms with Crippen LogP contribution in [0.4, 0.5) is 0 Å². The van der Waals surface area contributed by atoms with Gasteiger partial charge in [0, 0.05) is 12.8 Å². The van der Waals surface area contributed by atoms with Crippen molar-refractivity contribution in [2.24, 2.45) is 0 Å². The van der Waals surface area contributed by atoms with E-state index in [1.54, 1.807) is 0 Å². The zero-order valence-electron chi connectivity index (χ0n) is 33.8. The highest BCUT2D eigenvalue weighted by Crippen LogP contribution is 2.15. The SMILES string of the molecule is CCCC/C=C\CCCCCCCC(=O)OCCCC/C=C\CCCCCCC(=O)NC(CO)C(O)CCCCCCCCCCCCCCC. The highest BCUT2D eigenvalue weighted by molar-refractivity contribution is 5.76. The lowest BCUT2D eigenvalue weighted by molar-refractivity contribution is -0.143. The molecule has 0 saturated heterocycles. The summed E-state index contributed by atoms with van der Waals surface area (Å²) in [6.45, 7) is 4.80. The highest BCUT2D eigenvalue weighted by Gasteiger charge is 2.20. The summed E-state index contributed by atoms with van der Waals surface area (Å²) in [5.74, 6) is -0.121. The molecule has 0 rings (SSSR count). The van der Waals surface area contributed by atoms with Crippen molar-refractivity contribution in [1.29, 1.82) is 0 Å². The van der Waals surface area contributed by atoms with Gasteiger partial charge in [-0.25, -0.2) is 0 Å². The highest BCUT2D eigenvalue weighted by atomic mass is 16.5. The Morgan fingerprint density at radius 3 is 1.45 bits per heavy atom. The van der Waals surface area contributed by atoms with Crippen LogP contribution in [0, 0.1) is 0 Å². The quantitative estimate of drug-likeness (QED) is 0.0333. The Balaban J connectivity index is 3.56. The van der Waals surface area contributed by atoms with Crippen LogP contribution in [0.5, 0.6) is 0 Å². The molecule has 3 N–H and O–H groups in total. The molecule has 0 fully saturated rings. The first-order chi connectivity index (χ1) is 25.0. The number of rotatable bonds is 40. The Kier molecular flexibility index (Phi) is 39.8. The minimum atomic E-state index is -0.684. The number of allylic oxidation sites excluding steroid dienone is 4. The second kappa shape index (κ2) is 41.1. The number of hydrogen-bond acceptors (Lipinski definition) is 5. The maximum atomic E-state index is 12.4. The van der Waals surface area contributed by atoms with Crippen molar-refractivity contribution in [3.63, 3.8) is 0 Å². The normalized spacial score (nSPS) is 12.9. The van der Waals surface area contributed by atoms with E-state index >= 15 is 0 Å². The molecule has 1 amide bonds. The molecule has 0 radical (unpaired) electrons. The summed E-state index contributed by atoms with van der Waals surface area (Å²) in [6, 6.07) is -0.565. The number of esters is 1. The average Bonchev–Trinajstić information content (AvgIpc) is 3.13. The van der Waals surface area contributed by atoms with Crippen LogP contribution in [0.25, 0.3) is 0 Å². The third-order valence-corrected chi connectivity index (χ3v) is 9.97. The third-order valence-electron chi connectivity index (χ3n) is 9.97. The number of unbranched alkanes of at least 4 members (excludes halogenated alkanes) is 25. The monoisotopic (exact) mass is 720 g/mol. The summed E-state index contributed by atoms with van der Waals surface area (Å²) in [4.78, 5) is 24.3. The first-order valence-electron chi connectivity index (χ1n) is 22.1. The Labute approximate surface area is 316 Å². The molecular formula is C45H85NO5. The van der Waals surface area contributed by atoms with Crippen LogP contribution >= 0.6 is 0 Å². The summed E-state index contributed by atoms with van der Waals surface area (Å²) in [5, 5.41) is 23.1. The van der Waals surface area contributed by atoms with Gasteiger partial charge in [-0.2, -0.15) is 0 Å². The molecule has 0 bridgehead atoms. The summed E-state index contributed by atoms with van der Waals surface area (Å²) < 4.78 is 5.39. The smallest absolute Gasteiger partial charge is 0.305 e. The van der Waals surface area contributed by atoms with Crippen molar-refractivity contribution in [2.45, 2.75) is 238 Å². The Morgan fingerprint density at radius 2 is 0.941 bits per heavy atom. The van der Waals surface area contributed by atoms with Crippen molar-refractivity contribution < 1.29 is 24.5 Å². The summed E-state index contributed by atoms with van der Waals surface area (Å²) in [6.07, 6.45) is 45.6. The van der Waals surface area contributed by atoms with Crippen LogP contribution in [-0.2, 0) is 14.3 Å². The second-order valence-corrected chi connectivity index (χ2v) is 15.0. The lowest BCUT2D eigenvalue weighted by Gasteiger charge is -2.22.